The number of pyridine rings is 1. The molecule has 0 aliphatic heterocycles. The van der Waals surface area contributed by atoms with E-state index in [2.05, 4.69) is 30.6 Å². The predicted molar refractivity (Wildman–Crippen MR) is 130 cm³/mol. The van der Waals surface area contributed by atoms with Crippen molar-refractivity contribution in [1.29, 1.82) is 0 Å². The average molecular weight is 519 g/mol. The van der Waals surface area contributed by atoms with E-state index < -0.39 is 17.3 Å². The molecule has 186 valence electrons. The van der Waals surface area contributed by atoms with Crippen LogP contribution < -0.4 is 5.32 Å². The van der Waals surface area contributed by atoms with Crippen LogP contribution >= 0.6 is 11.6 Å². The molecule has 5 aromatic heterocycles. The molecule has 5 heterocycles. The lowest BCUT2D eigenvalue weighted by Gasteiger charge is -2.23. The number of carbonyl (C=O) groups is 1. The Labute approximate surface area is 214 Å². The summed E-state index contributed by atoms with van der Waals surface area (Å²) in [6, 6.07) is 5.26. The van der Waals surface area contributed by atoms with E-state index in [4.69, 9.17) is 16.7 Å². The van der Waals surface area contributed by atoms with Gasteiger partial charge in [0, 0.05) is 24.0 Å². The lowest BCUT2D eigenvalue weighted by Crippen LogP contribution is -2.26. The smallest absolute Gasteiger partial charge is 0.235 e. The standard InChI is InChI=1S/C24H20ClFN10O/c1-24(18-4-7-34(32-18)14-2-3-14)10-15(16-12-27-20-9-19(26)33-35(20)21(16)24)23(37)31-13-8-17(25)22(28-11-13)36-29-5-6-30-36/h4-9,11-12,14-15H,2-3,10H2,1H3,(H,31,37)/t15-,24-/m1/s1. The van der Waals surface area contributed by atoms with Crippen LogP contribution in [0.25, 0.3) is 11.5 Å². The Hall–Kier alpha value is -4.19. The van der Waals surface area contributed by atoms with Crippen LogP contribution in [0.4, 0.5) is 10.1 Å². The van der Waals surface area contributed by atoms with Crippen molar-refractivity contribution in [1.82, 2.24) is 44.4 Å². The van der Waals surface area contributed by atoms with Gasteiger partial charge in [0.05, 0.1) is 58.1 Å². The van der Waals surface area contributed by atoms with Crippen molar-refractivity contribution in [2.75, 3.05) is 5.32 Å². The van der Waals surface area contributed by atoms with Gasteiger partial charge in [-0.05, 0) is 38.3 Å². The van der Waals surface area contributed by atoms with Gasteiger partial charge in [0.15, 0.2) is 11.5 Å². The molecule has 0 aromatic carbocycles. The topological polar surface area (TPSA) is 121 Å². The number of hydrogen-bond donors (Lipinski definition) is 1. The molecule has 0 radical (unpaired) electrons. The Kier molecular flexibility index (Phi) is 4.71. The third-order valence-electron chi connectivity index (χ3n) is 7.10. The molecule has 1 N–H and O–H groups in total. The summed E-state index contributed by atoms with van der Waals surface area (Å²) in [6.45, 7) is 2.02. The van der Waals surface area contributed by atoms with Gasteiger partial charge in [-0.15, -0.1) is 9.90 Å². The monoisotopic (exact) mass is 518 g/mol. The SMILES string of the molecule is C[C@]1(c2ccn(C3CC3)n2)C[C@@H](C(=O)Nc2cnc(-n3nccn3)c(Cl)c2)c2cnc3cc(F)nn3c21. The van der Waals surface area contributed by atoms with E-state index >= 15 is 0 Å². The van der Waals surface area contributed by atoms with Gasteiger partial charge in [0.25, 0.3) is 0 Å². The Bertz CT molecular complexity index is 1670. The Morgan fingerprint density at radius 1 is 1.16 bits per heavy atom. The van der Waals surface area contributed by atoms with Crippen LogP contribution in [-0.4, -0.2) is 50.3 Å². The number of fused-ring (bicyclic) bond motifs is 3. The molecule has 0 spiro atoms. The van der Waals surface area contributed by atoms with Crippen molar-refractivity contribution in [3.05, 3.63) is 77.1 Å². The van der Waals surface area contributed by atoms with Crippen molar-refractivity contribution in [2.45, 2.75) is 43.6 Å². The van der Waals surface area contributed by atoms with Gasteiger partial charge in [0.2, 0.25) is 11.9 Å². The molecule has 1 amide bonds. The highest BCUT2D eigenvalue weighted by atomic mass is 35.5. The van der Waals surface area contributed by atoms with E-state index in [1.165, 1.54) is 34.0 Å². The lowest BCUT2D eigenvalue weighted by atomic mass is 9.82. The summed E-state index contributed by atoms with van der Waals surface area (Å²) in [5, 5.41) is 20.2. The van der Waals surface area contributed by atoms with Crippen LogP contribution in [0, 0.1) is 5.95 Å². The Morgan fingerprint density at radius 2 is 1.97 bits per heavy atom. The van der Waals surface area contributed by atoms with Crippen molar-refractivity contribution < 1.29 is 9.18 Å². The molecule has 2 aliphatic carbocycles. The summed E-state index contributed by atoms with van der Waals surface area (Å²) in [7, 11) is 0. The summed E-state index contributed by atoms with van der Waals surface area (Å²) in [4.78, 5) is 23.6. The molecule has 0 saturated heterocycles. The highest BCUT2D eigenvalue weighted by Gasteiger charge is 2.48. The number of anilines is 1. The molecule has 0 bridgehead atoms. The summed E-state index contributed by atoms with van der Waals surface area (Å²) >= 11 is 6.39. The maximum absolute atomic E-state index is 14.2. The van der Waals surface area contributed by atoms with Crippen LogP contribution in [0.15, 0.2) is 49.2 Å². The third-order valence-corrected chi connectivity index (χ3v) is 7.38. The van der Waals surface area contributed by atoms with Crippen molar-refractivity contribution >= 4 is 28.8 Å². The molecule has 0 unspecified atom stereocenters. The van der Waals surface area contributed by atoms with Gasteiger partial charge in [-0.1, -0.05) is 11.6 Å². The zero-order valence-electron chi connectivity index (χ0n) is 19.6. The number of rotatable bonds is 5. The van der Waals surface area contributed by atoms with Crippen LogP contribution in [0.3, 0.4) is 0 Å². The first-order valence-corrected chi connectivity index (χ1v) is 12.2. The minimum absolute atomic E-state index is 0.261. The fraction of sp³-hybridized carbons (Fsp3) is 0.292. The van der Waals surface area contributed by atoms with Crippen LogP contribution in [-0.2, 0) is 10.2 Å². The summed E-state index contributed by atoms with van der Waals surface area (Å²) in [5.41, 5.74) is 2.30. The quantitative estimate of drug-likeness (QED) is 0.378. The number of aromatic nitrogens is 9. The summed E-state index contributed by atoms with van der Waals surface area (Å²) < 4.78 is 17.6. The van der Waals surface area contributed by atoms with Crippen LogP contribution in [0.1, 0.15) is 55.1 Å². The van der Waals surface area contributed by atoms with Gasteiger partial charge in [-0.2, -0.15) is 19.7 Å². The number of carbonyl (C=O) groups excluding carboxylic acids is 1. The minimum atomic E-state index is -0.692. The van der Waals surface area contributed by atoms with Gasteiger partial charge >= 0.3 is 0 Å². The first-order valence-electron chi connectivity index (χ1n) is 11.8. The number of nitrogens with zero attached hydrogens (tertiary/aromatic N) is 9. The van der Waals surface area contributed by atoms with E-state index in [0.717, 1.165) is 18.5 Å². The fourth-order valence-electron chi connectivity index (χ4n) is 5.18. The van der Waals surface area contributed by atoms with Crippen molar-refractivity contribution in [3.63, 3.8) is 0 Å². The average Bonchev–Trinajstić information content (AvgIpc) is 3.26. The fourth-order valence-corrected chi connectivity index (χ4v) is 5.42. The minimum Gasteiger partial charge on any atom is -0.324 e. The van der Waals surface area contributed by atoms with E-state index in [1.54, 1.807) is 12.3 Å². The maximum atomic E-state index is 14.2. The molecule has 13 heteroatoms. The maximum Gasteiger partial charge on any atom is 0.235 e. The molecule has 37 heavy (non-hydrogen) atoms. The van der Waals surface area contributed by atoms with Crippen molar-refractivity contribution in [2.24, 2.45) is 0 Å². The molecule has 1 fully saturated rings. The lowest BCUT2D eigenvalue weighted by molar-refractivity contribution is -0.117. The molecule has 5 aromatic rings. The second-order valence-electron chi connectivity index (χ2n) is 9.64. The number of nitrogens with one attached hydrogen (secondary N) is 1. The van der Waals surface area contributed by atoms with Crippen molar-refractivity contribution in [3.8, 4) is 5.82 Å². The number of halogens is 2. The van der Waals surface area contributed by atoms with E-state index in [-0.39, 0.29) is 10.9 Å². The van der Waals surface area contributed by atoms with E-state index in [0.29, 0.717) is 40.9 Å². The Balaban J connectivity index is 1.26. The molecule has 1 saturated carbocycles. The van der Waals surface area contributed by atoms with Gasteiger partial charge in [-0.25, -0.2) is 14.5 Å². The molecular formula is C24H20ClFN10O. The molecule has 2 atom stereocenters. The zero-order valence-corrected chi connectivity index (χ0v) is 20.3. The second kappa shape index (κ2) is 7.90. The summed E-state index contributed by atoms with van der Waals surface area (Å²) in [5.74, 6) is -1.13. The predicted octanol–water partition coefficient (Wildman–Crippen LogP) is 3.46. The van der Waals surface area contributed by atoms with E-state index in [9.17, 15) is 9.18 Å². The zero-order chi connectivity index (χ0) is 25.3. The number of hydrogen-bond acceptors (Lipinski definition) is 7. The second-order valence-corrected chi connectivity index (χ2v) is 10.0. The first-order chi connectivity index (χ1) is 17.9. The molecule has 11 nitrogen and oxygen atoms in total. The molecular weight excluding hydrogens is 499 g/mol. The highest BCUT2D eigenvalue weighted by Crippen LogP contribution is 2.50. The Morgan fingerprint density at radius 3 is 2.73 bits per heavy atom. The molecule has 2 aliphatic rings. The largest absolute Gasteiger partial charge is 0.324 e. The van der Waals surface area contributed by atoms with Gasteiger partial charge in [0.1, 0.15) is 0 Å². The highest BCUT2D eigenvalue weighted by molar-refractivity contribution is 6.32. The van der Waals surface area contributed by atoms with Gasteiger partial charge in [-0.3, -0.25) is 9.48 Å². The van der Waals surface area contributed by atoms with Gasteiger partial charge < -0.3 is 5.32 Å². The third kappa shape index (κ3) is 3.50. The number of amides is 1. The normalized spacial score (nSPS) is 20.9. The van der Waals surface area contributed by atoms with Crippen LogP contribution in [0.5, 0.6) is 0 Å². The van der Waals surface area contributed by atoms with Crippen LogP contribution in [0.2, 0.25) is 5.02 Å². The van der Waals surface area contributed by atoms with E-state index in [1.807, 2.05) is 23.9 Å². The molecule has 7 rings (SSSR count). The first kappa shape index (κ1) is 22.0. The summed E-state index contributed by atoms with van der Waals surface area (Å²) in [6.07, 6.45) is 10.8.